The van der Waals surface area contributed by atoms with E-state index in [0.29, 0.717) is 38.8 Å². The van der Waals surface area contributed by atoms with Crippen LogP contribution in [0.25, 0.3) is 0 Å². The SMILES string of the molecule is N#CC1(C(=O)N2CCC(O)CC2)CCCCCC1. The lowest BCUT2D eigenvalue weighted by Gasteiger charge is -2.35. The van der Waals surface area contributed by atoms with E-state index in [1.54, 1.807) is 4.90 Å². The Bertz CT molecular complexity index is 332. The van der Waals surface area contributed by atoms with Gasteiger partial charge in [0.05, 0.1) is 12.2 Å². The van der Waals surface area contributed by atoms with Crippen molar-refractivity contribution in [3.05, 3.63) is 0 Å². The quantitative estimate of drug-likeness (QED) is 0.722. The van der Waals surface area contributed by atoms with Crippen LogP contribution in [0.3, 0.4) is 0 Å². The Labute approximate surface area is 109 Å². The molecule has 0 bridgehead atoms. The Morgan fingerprint density at radius 3 is 2.22 bits per heavy atom. The first kappa shape index (κ1) is 13.4. The molecule has 4 nitrogen and oxygen atoms in total. The highest BCUT2D eigenvalue weighted by Crippen LogP contribution is 2.36. The van der Waals surface area contributed by atoms with Crippen LogP contribution in [0.15, 0.2) is 0 Å². The normalized spacial score (nSPS) is 25.2. The number of amides is 1. The zero-order valence-electron chi connectivity index (χ0n) is 10.9. The Kier molecular flexibility index (Phi) is 4.23. The summed E-state index contributed by atoms with van der Waals surface area (Å²) >= 11 is 0. The van der Waals surface area contributed by atoms with Crippen LogP contribution in [0.5, 0.6) is 0 Å². The van der Waals surface area contributed by atoms with Crippen molar-refractivity contribution in [2.75, 3.05) is 13.1 Å². The van der Waals surface area contributed by atoms with Crippen molar-refractivity contribution in [1.82, 2.24) is 4.90 Å². The van der Waals surface area contributed by atoms with Gasteiger partial charge in [0.15, 0.2) is 0 Å². The summed E-state index contributed by atoms with van der Waals surface area (Å²) in [6, 6.07) is 2.31. The van der Waals surface area contributed by atoms with Crippen LogP contribution in [0.1, 0.15) is 51.4 Å². The molecule has 0 spiro atoms. The molecule has 0 aromatic carbocycles. The van der Waals surface area contributed by atoms with Gasteiger partial charge in [0, 0.05) is 13.1 Å². The van der Waals surface area contributed by atoms with Crippen LogP contribution in [-0.2, 0) is 4.79 Å². The van der Waals surface area contributed by atoms with E-state index in [1.165, 1.54) is 0 Å². The molecule has 4 heteroatoms. The molecule has 0 aromatic rings. The fraction of sp³-hybridized carbons (Fsp3) is 0.857. The van der Waals surface area contributed by atoms with E-state index in [0.717, 1.165) is 25.7 Å². The first-order chi connectivity index (χ1) is 8.68. The number of aliphatic hydroxyl groups excluding tert-OH is 1. The summed E-state index contributed by atoms with van der Waals surface area (Å²) in [7, 11) is 0. The molecule has 1 saturated carbocycles. The predicted molar refractivity (Wildman–Crippen MR) is 67.6 cm³/mol. The largest absolute Gasteiger partial charge is 0.393 e. The number of carbonyl (C=O) groups excluding carboxylic acids is 1. The fourth-order valence-corrected chi connectivity index (χ4v) is 3.08. The molecule has 0 aromatic heterocycles. The number of nitriles is 1. The van der Waals surface area contributed by atoms with Crippen LogP contribution in [-0.4, -0.2) is 35.1 Å². The maximum atomic E-state index is 12.6. The second-order valence-electron chi connectivity index (χ2n) is 5.63. The zero-order valence-corrected chi connectivity index (χ0v) is 10.9. The highest BCUT2D eigenvalue weighted by atomic mass is 16.3. The summed E-state index contributed by atoms with van der Waals surface area (Å²) in [6.07, 6.45) is 6.67. The van der Waals surface area contributed by atoms with Crippen LogP contribution >= 0.6 is 0 Å². The summed E-state index contributed by atoms with van der Waals surface area (Å²) < 4.78 is 0. The molecular formula is C14H22N2O2. The number of piperidine rings is 1. The summed E-state index contributed by atoms with van der Waals surface area (Å²) in [5.74, 6) is 0.0128. The number of rotatable bonds is 1. The molecule has 1 heterocycles. The fourth-order valence-electron chi connectivity index (χ4n) is 3.08. The van der Waals surface area contributed by atoms with Gasteiger partial charge in [0.2, 0.25) is 5.91 Å². The van der Waals surface area contributed by atoms with Crippen molar-refractivity contribution in [2.24, 2.45) is 5.41 Å². The van der Waals surface area contributed by atoms with E-state index in [-0.39, 0.29) is 12.0 Å². The topological polar surface area (TPSA) is 64.3 Å². The molecule has 1 saturated heterocycles. The Morgan fingerprint density at radius 2 is 1.72 bits per heavy atom. The Morgan fingerprint density at radius 1 is 1.17 bits per heavy atom. The molecule has 0 radical (unpaired) electrons. The van der Waals surface area contributed by atoms with Gasteiger partial charge in [-0.1, -0.05) is 25.7 Å². The lowest BCUT2D eigenvalue weighted by molar-refractivity contribution is -0.141. The third-order valence-electron chi connectivity index (χ3n) is 4.33. The van der Waals surface area contributed by atoms with Crippen molar-refractivity contribution in [2.45, 2.75) is 57.5 Å². The van der Waals surface area contributed by atoms with Gasteiger partial charge in [-0.2, -0.15) is 5.26 Å². The lowest BCUT2D eigenvalue weighted by Crippen LogP contribution is -2.47. The van der Waals surface area contributed by atoms with Gasteiger partial charge >= 0.3 is 0 Å². The lowest BCUT2D eigenvalue weighted by atomic mass is 9.80. The van der Waals surface area contributed by atoms with Crippen LogP contribution in [0.2, 0.25) is 0 Å². The molecule has 1 aliphatic carbocycles. The number of carbonyl (C=O) groups is 1. The van der Waals surface area contributed by atoms with Crippen molar-refractivity contribution >= 4 is 5.91 Å². The molecule has 18 heavy (non-hydrogen) atoms. The number of aliphatic hydroxyl groups is 1. The molecule has 100 valence electrons. The van der Waals surface area contributed by atoms with E-state index in [1.807, 2.05) is 0 Å². The number of nitrogens with zero attached hydrogens (tertiary/aromatic N) is 2. The number of hydrogen-bond donors (Lipinski definition) is 1. The minimum absolute atomic E-state index is 0.0128. The second-order valence-corrected chi connectivity index (χ2v) is 5.63. The van der Waals surface area contributed by atoms with Crippen molar-refractivity contribution in [3.8, 4) is 6.07 Å². The van der Waals surface area contributed by atoms with E-state index in [4.69, 9.17) is 0 Å². The minimum Gasteiger partial charge on any atom is -0.393 e. The van der Waals surface area contributed by atoms with Crippen LogP contribution in [0.4, 0.5) is 0 Å². The minimum atomic E-state index is -0.779. The summed E-state index contributed by atoms with van der Waals surface area (Å²) in [6.45, 7) is 1.20. The molecule has 0 unspecified atom stereocenters. The highest BCUT2D eigenvalue weighted by molar-refractivity contribution is 5.85. The third kappa shape index (κ3) is 2.67. The van der Waals surface area contributed by atoms with E-state index < -0.39 is 5.41 Å². The van der Waals surface area contributed by atoms with Crippen molar-refractivity contribution in [3.63, 3.8) is 0 Å². The maximum Gasteiger partial charge on any atom is 0.243 e. The van der Waals surface area contributed by atoms with E-state index in [2.05, 4.69) is 6.07 Å². The Hall–Kier alpha value is -1.08. The van der Waals surface area contributed by atoms with E-state index in [9.17, 15) is 15.2 Å². The molecule has 1 N–H and O–H groups in total. The monoisotopic (exact) mass is 250 g/mol. The predicted octanol–water partition coefficient (Wildman–Crippen LogP) is 1.83. The molecule has 2 rings (SSSR count). The van der Waals surface area contributed by atoms with Gasteiger partial charge in [-0.15, -0.1) is 0 Å². The first-order valence-corrected chi connectivity index (χ1v) is 7.07. The molecule has 1 amide bonds. The average molecular weight is 250 g/mol. The molecule has 0 atom stereocenters. The number of likely N-dealkylation sites (tertiary alicyclic amines) is 1. The van der Waals surface area contributed by atoms with Gasteiger partial charge in [0.25, 0.3) is 0 Å². The first-order valence-electron chi connectivity index (χ1n) is 7.07. The summed E-state index contributed by atoms with van der Waals surface area (Å²) in [5, 5.41) is 19.0. The molecule has 2 aliphatic rings. The maximum absolute atomic E-state index is 12.6. The molecular weight excluding hydrogens is 228 g/mol. The standard InChI is InChI=1S/C14H22N2O2/c15-11-14(7-3-1-2-4-8-14)13(18)16-9-5-12(17)6-10-16/h12,17H,1-10H2. The van der Waals surface area contributed by atoms with Gasteiger partial charge in [0.1, 0.15) is 5.41 Å². The van der Waals surface area contributed by atoms with Crippen molar-refractivity contribution < 1.29 is 9.90 Å². The Balaban J connectivity index is 2.07. The summed E-state index contributed by atoms with van der Waals surface area (Å²) in [5.41, 5.74) is -0.779. The molecule has 2 fully saturated rings. The number of hydrogen-bond acceptors (Lipinski definition) is 3. The van der Waals surface area contributed by atoms with Crippen LogP contribution < -0.4 is 0 Å². The van der Waals surface area contributed by atoms with Gasteiger partial charge in [-0.3, -0.25) is 4.79 Å². The smallest absolute Gasteiger partial charge is 0.243 e. The van der Waals surface area contributed by atoms with Gasteiger partial charge < -0.3 is 10.0 Å². The van der Waals surface area contributed by atoms with Gasteiger partial charge in [-0.25, -0.2) is 0 Å². The third-order valence-corrected chi connectivity index (χ3v) is 4.33. The molecule has 1 aliphatic heterocycles. The second kappa shape index (κ2) is 5.71. The van der Waals surface area contributed by atoms with Crippen molar-refractivity contribution in [1.29, 1.82) is 5.26 Å². The van der Waals surface area contributed by atoms with Crippen LogP contribution in [0, 0.1) is 16.7 Å². The average Bonchev–Trinajstić information content (AvgIpc) is 2.65. The zero-order chi connectivity index (χ0) is 13.0. The van der Waals surface area contributed by atoms with Gasteiger partial charge in [-0.05, 0) is 25.7 Å². The summed E-state index contributed by atoms with van der Waals surface area (Å²) in [4.78, 5) is 14.4. The van der Waals surface area contributed by atoms with E-state index >= 15 is 0 Å². The highest BCUT2D eigenvalue weighted by Gasteiger charge is 2.42.